The highest BCUT2D eigenvalue weighted by molar-refractivity contribution is 8.13. The third kappa shape index (κ3) is 3.01. The van der Waals surface area contributed by atoms with Crippen LogP contribution in [0.2, 0.25) is 5.02 Å². The van der Waals surface area contributed by atoms with Crippen LogP contribution < -0.4 is 0 Å². The highest BCUT2D eigenvalue weighted by Gasteiger charge is 2.13. The third-order valence-electron chi connectivity index (χ3n) is 2.23. The fourth-order valence-electron chi connectivity index (χ4n) is 1.40. The average Bonchev–Trinajstić information content (AvgIpc) is 2.71. The smallest absolute Gasteiger partial charge is 0.264 e. The van der Waals surface area contributed by atoms with Crippen LogP contribution in [-0.2, 0) is 15.6 Å². The Morgan fingerprint density at radius 3 is 2.72 bits per heavy atom. The lowest BCUT2D eigenvalue weighted by molar-refractivity contribution is 0.608. The van der Waals surface area contributed by atoms with Crippen LogP contribution in [0.5, 0.6) is 0 Å². The molecular weight excluding hydrogens is 302 g/mol. The molecule has 0 saturated heterocycles. The lowest BCUT2D eigenvalue weighted by atomic mass is 10.2. The van der Waals surface area contributed by atoms with Crippen LogP contribution in [0.3, 0.4) is 0 Å². The molecule has 4 nitrogen and oxygen atoms in total. The van der Waals surface area contributed by atoms with E-state index >= 15 is 0 Å². The van der Waals surface area contributed by atoms with Gasteiger partial charge < -0.3 is 0 Å². The molecule has 0 aliphatic carbocycles. The van der Waals surface area contributed by atoms with Crippen LogP contribution in [0.1, 0.15) is 5.56 Å². The van der Waals surface area contributed by atoms with Gasteiger partial charge in [-0.3, -0.25) is 4.68 Å². The van der Waals surface area contributed by atoms with Crippen LogP contribution in [0.4, 0.5) is 4.39 Å². The molecule has 0 aliphatic rings. The highest BCUT2D eigenvalue weighted by atomic mass is 35.7. The van der Waals surface area contributed by atoms with Crippen molar-refractivity contribution in [3.8, 4) is 0 Å². The molecular formula is C10H7Cl2FN2O2S. The van der Waals surface area contributed by atoms with Gasteiger partial charge in [-0.15, -0.1) is 0 Å². The second kappa shape index (κ2) is 4.87. The summed E-state index contributed by atoms with van der Waals surface area (Å²) >= 11 is 5.89. The SMILES string of the molecule is O=S(=O)(Cl)c1cnn(Cc2cc(F)ccc2Cl)c1. The van der Waals surface area contributed by atoms with Gasteiger partial charge in [0, 0.05) is 21.9 Å². The molecule has 18 heavy (non-hydrogen) atoms. The van der Waals surface area contributed by atoms with Gasteiger partial charge in [0.15, 0.2) is 0 Å². The van der Waals surface area contributed by atoms with Crippen molar-refractivity contribution < 1.29 is 12.8 Å². The minimum Gasteiger partial charge on any atom is -0.267 e. The summed E-state index contributed by atoms with van der Waals surface area (Å²) in [5.74, 6) is -0.424. The normalized spacial score (nSPS) is 11.7. The van der Waals surface area contributed by atoms with Gasteiger partial charge in [-0.05, 0) is 23.8 Å². The average molecular weight is 309 g/mol. The van der Waals surface area contributed by atoms with Crippen molar-refractivity contribution in [2.45, 2.75) is 11.4 Å². The Kier molecular flexibility index (Phi) is 3.61. The van der Waals surface area contributed by atoms with Crippen molar-refractivity contribution in [1.82, 2.24) is 9.78 Å². The van der Waals surface area contributed by atoms with Crippen molar-refractivity contribution in [2.24, 2.45) is 0 Å². The molecule has 1 aromatic heterocycles. The van der Waals surface area contributed by atoms with E-state index in [1.807, 2.05) is 0 Å². The second-order valence-corrected chi connectivity index (χ2v) is 6.52. The third-order valence-corrected chi connectivity index (χ3v) is 3.91. The Labute approximate surface area is 112 Å². The number of benzene rings is 1. The van der Waals surface area contributed by atoms with E-state index in [0.717, 1.165) is 6.20 Å². The molecule has 96 valence electrons. The van der Waals surface area contributed by atoms with Crippen molar-refractivity contribution in [2.75, 3.05) is 0 Å². The zero-order chi connectivity index (χ0) is 13.3. The fraction of sp³-hybridized carbons (Fsp3) is 0.100. The Bertz CT molecular complexity index is 685. The van der Waals surface area contributed by atoms with Crippen molar-refractivity contribution in [3.63, 3.8) is 0 Å². The van der Waals surface area contributed by atoms with E-state index in [1.165, 1.54) is 29.1 Å². The van der Waals surface area contributed by atoms with Gasteiger partial charge in [0.25, 0.3) is 9.05 Å². The molecule has 0 fully saturated rings. The van der Waals surface area contributed by atoms with E-state index in [9.17, 15) is 12.8 Å². The number of aromatic nitrogens is 2. The van der Waals surface area contributed by atoms with Crippen molar-refractivity contribution in [3.05, 3.63) is 47.0 Å². The summed E-state index contributed by atoms with van der Waals surface area (Å²) in [5.41, 5.74) is 0.498. The zero-order valence-electron chi connectivity index (χ0n) is 8.85. The maximum atomic E-state index is 13.0. The summed E-state index contributed by atoms with van der Waals surface area (Å²) in [6, 6.07) is 3.93. The van der Waals surface area contributed by atoms with Crippen molar-refractivity contribution in [1.29, 1.82) is 0 Å². The Morgan fingerprint density at radius 2 is 2.11 bits per heavy atom. The van der Waals surface area contributed by atoms with E-state index < -0.39 is 14.9 Å². The van der Waals surface area contributed by atoms with Gasteiger partial charge >= 0.3 is 0 Å². The first-order valence-electron chi connectivity index (χ1n) is 4.77. The van der Waals surface area contributed by atoms with Crippen molar-refractivity contribution >= 4 is 31.3 Å². The molecule has 0 aliphatic heterocycles. The van der Waals surface area contributed by atoms with Gasteiger partial charge in [0.05, 0.1) is 12.7 Å². The summed E-state index contributed by atoms with van der Waals surface area (Å²) in [7, 11) is 1.35. The molecule has 0 bridgehead atoms. The highest BCUT2D eigenvalue weighted by Crippen LogP contribution is 2.19. The molecule has 1 aromatic carbocycles. The first kappa shape index (κ1) is 13.3. The Morgan fingerprint density at radius 1 is 1.39 bits per heavy atom. The topological polar surface area (TPSA) is 52.0 Å². The molecule has 0 spiro atoms. The van der Waals surface area contributed by atoms with Gasteiger partial charge in [-0.2, -0.15) is 5.10 Å². The Balaban J connectivity index is 2.29. The van der Waals surface area contributed by atoms with Gasteiger partial charge in [-0.25, -0.2) is 12.8 Å². The standard InChI is InChI=1S/C10H7Cl2FN2O2S/c11-10-2-1-8(13)3-7(10)5-15-6-9(4-14-15)18(12,16)17/h1-4,6H,5H2. The molecule has 1 heterocycles. The second-order valence-electron chi connectivity index (χ2n) is 3.55. The maximum absolute atomic E-state index is 13.0. The van der Waals surface area contributed by atoms with E-state index in [0.29, 0.717) is 10.6 Å². The van der Waals surface area contributed by atoms with E-state index in [-0.39, 0.29) is 11.4 Å². The van der Waals surface area contributed by atoms with Gasteiger partial charge in [0.1, 0.15) is 10.7 Å². The lowest BCUT2D eigenvalue weighted by Crippen LogP contribution is -2.01. The number of hydrogen-bond acceptors (Lipinski definition) is 3. The zero-order valence-corrected chi connectivity index (χ0v) is 11.2. The number of nitrogens with zero attached hydrogens (tertiary/aromatic N) is 2. The van der Waals surface area contributed by atoms with Crippen LogP contribution >= 0.6 is 22.3 Å². The minimum atomic E-state index is -3.81. The van der Waals surface area contributed by atoms with Crippen LogP contribution in [0, 0.1) is 5.82 Å². The molecule has 0 amide bonds. The number of rotatable bonds is 3. The van der Waals surface area contributed by atoms with Crippen LogP contribution in [0.15, 0.2) is 35.5 Å². The lowest BCUT2D eigenvalue weighted by Gasteiger charge is -2.04. The summed E-state index contributed by atoms with van der Waals surface area (Å²) in [5, 5.41) is 4.20. The first-order chi connectivity index (χ1) is 8.36. The number of halogens is 3. The molecule has 0 N–H and O–H groups in total. The molecule has 2 rings (SSSR count). The molecule has 2 aromatic rings. The van der Waals surface area contributed by atoms with Gasteiger partial charge in [0.2, 0.25) is 0 Å². The minimum absolute atomic E-state index is 0.114. The summed E-state index contributed by atoms with van der Waals surface area (Å²) < 4.78 is 36.4. The monoisotopic (exact) mass is 308 g/mol. The van der Waals surface area contributed by atoms with E-state index in [2.05, 4.69) is 5.10 Å². The van der Waals surface area contributed by atoms with E-state index in [1.54, 1.807) is 0 Å². The van der Waals surface area contributed by atoms with Gasteiger partial charge in [-0.1, -0.05) is 11.6 Å². The first-order valence-corrected chi connectivity index (χ1v) is 7.46. The molecule has 0 radical (unpaired) electrons. The summed E-state index contributed by atoms with van der Waals surface area (Å²) in [6.45, 7) is 0.156. The fourth-order valence-corrected chi connectivity index (χ4v) is 2.23. The summed E-state index contributed by atoms with van der Waals surface area (Å²) in [6.07, 6.45) is 2.37. The molecule has 0 unspecified atom stereocenters. The quantitative estimate of drug-likeness (QED) is 0.819. The Hall–Kier alpha value is -1.11. The molecule has 8 heteroatoms. The molecule has 0 saturated carbocycles. The predicted octanol–water partition coefficient (Wildman–Crippen LogP) is 2.65. The van der Waals surface area contributed by atoms with Crippen LogP contribution in [-0.4, -0.2) is 18.2 Å². The molecule has 0 atom stereocenters. The van der Waals surface area contributed by atoms with E-state index in [4.69, 9.17) is 22.3 Å². The van der Waals surface area contributed by atoms with Crippen LogP contribution in [0.25, 0.3) is 0 Å². The maximum Gasteiger partial charge on any atom is 0.264 e. The number of hydrogen-bond donors (Lipinski definition) is 0. The predicted molar refractivity (Wildman–Crippen MR) is 65.8 cm³/mol. The largest absolute Gasteiger partial charge is 0.267 e. The summed E-state index contributed by atoms with van der Waals surface area (Å²) in [4.78, 5) is -0.114.